The van der Waals surface area contributed by atoms with Gasteiger partial charge in [0.2, 0.25) is 0 Å². The van der Waals surface area contributed by atoms with Crippen LogP contribution in [0.5, 0.6) is 0 Å². The summed E-state index contributed by atoms with van der Waals surface area (Å²) in [7, 11) is 2.01. The maximum Gasteiger partial charge on any atom is 0.00765 e. The first-order chi connectivity index (χ1) is 7.08. The molecular weight excluding hydrogens is 184 g/mol. The third-order valence-corrected chi connectivity index (χ3v) is 1.92. The van der Waals surface area contributed by atoms with E-state index in [1.807, 2.05) is 7.05 Å². The Bertz CT molecular complexity index is 92.0. The molecule has 0 aliphatic heterocycles. The molecule has 94 valence electrons. The van der Waals surface area contributed by atoms with E-state index in [0.29, 0.717) is 6.04 Å². The molecule has 15 heavy (non-hydrogen) atoms. The normalized spacial score (nSPS) is 12.2. The largest absolute Gasteiger partial charge is 0.320 e. The van der Waals surface area contributed by atoms with Crippen LogP contribution in [-0.4, -0.2) is 26.2 Å². The molecule has 0 aromatic heterocycles. The van der Waals surface area contributed by atoms with Crippen molar-refractivity contribution in [3.05, 3.63) is 0 Å². The van der Waals surface area contributed by atoms with Crippen LogP contribution in [0.4, 0.5) is 0 Å². The molecule has 2 nitrogen and oxygen atoms in total. The predicted molar refractivity (Wildman–Crippen MR) is 71.4 cm³/mol. The third kappa shape index (κ3) is 20.1. The van der Waals surface area contributed by atoms with Crippen molar-refractivity contribution in [3.63, 3.8) is 0 Å². The van der Waals surface area contributed by atoms with Crippen LogP contribution in [0.3, 0.4) is 0 Å². The van der Waals surface area contributed by atoms with E-state index >= 15 is 0 Å². The first kappa shape index (κ1) is 17.3. The van der Waals surface area contributed by atoms with Crippen molar-refractivity contribution in [2.45, 2.75) is 59.9 Å². The molecule has 2 N–H and O–H groups in total. The maximum atomic E-state index is 3.51. The average molecular weight is 216 g/mol. The SMILES string of the molecule is CC(C)C.CCCNC(CC)CCNC. The van der Waals surface area contributed by atoms with Gasteiger partial charge in [0.1, 0.15) is 0 Å². The molecule has 0 bridgehead atoms. The Morgan fingerprint density at radius 3 is 1.87 bits per heavy atom. The molecule has 2 heteroatoms. The topological polar surface area (TPSA) is 24.1 Å². The number of hydrogen-bond acceptors (Lipinski definition) is 2. The van der Waals surface area contributed by atoms with Gasteiger partial charge in [-0.3, -0.25) is 0 Å². The van der Waals surface area contributed by atoms with Gasteiger partial charge in [0.25, 0.3) is 0 Å². The van der Waals surface area contributed by atoms with E-state index in [1.54, 1.807) is 0 Å². The Morgan fingerprint density at radius 1 is 1.00 bits per heavy atom. The van der Waals surface area contributed by atoms with Crippen LogP contribution >= 0.6 is 0 Å². The minimum absolute atomic E-state index is 0.711. The van der Waals surface area contributed by atoms with Crippen LogP contribution in [0.25, 0.3) is 0 Å². The summed E-state index contributed by atoms with van der Waals surface area (Å²) < 4.78 is 0. The highest BCUT2D eigenvalue weighted by Crippen LogP contribution is 1.95. The summed E-state index contributed by atoms with van der Waals surface area (Å²) in [5, 5.41) is 6.68. The van der Waals surface area contributed by atoms with Gasteiger partial charge in [-0.2, -0.15) is 0 Å². The fourth-order valence-corrected chi connectivity index (χ4v) is 1.12. The molecule has 0 fully saturated rings. The van der Waals surface area contributed by atoms with E-state index in [9.17, 15) is 0 Å². The number of rotatable bonds is 7. The zero-order valence-electron chi connectivity index (χ0n) is 11.7. The average Bonchev–Trinajstić information content (AvgIpc) is 2.17. The second-order valence-electron chi connectivity index (χ2n) is 4.68. The quantitative estimate of drug-likeness (QED) is 0.683. The van der Waals surface area contributed by atoms with Crippen molar-refractivity contribution in [1.82, 2.24) is 10.6 Å². The monoisotopic (exact) mass is 216 g/mol. The molecule has 0 radical (unpaired) electrons. The van der Waals surface area contributed by atoms with Gasteiger partial charge in [-0.15, -0.1) is 0 Å². The molecule has 0 aromatic rings. The lowest BCUT2D eigenvalue weighted by atomic mass is 10.1. The van der Waals surface area contributed by atoms with Crippen LogP contribution in [0.1, 0.15) is 53.9 Å². The minimum atomic E-state index is 0.711. The summed E-state index contributed by atoms with van der Waals surface area (Å²) >= 11 is 0. The fourth-order valence-electron chi connectivity index (χ4n) is 1.12. The van der Waals surface area contributed by atoms with E-state index in [-0.39, 0.29) is 0 Å². The molecule has 0 spiro atoms. The standard InChI is InChI=1S/C9H22N2.C4H10/c1-4-7-11-9(5-2)6-8-10-3;1-4(2)3/h9-11H,4-8H2,1-3H3;4H,1-3H3. The highest BCUT2D eigenvalue weighted by atomic mass is 14.9. The van der Waals surface area contributed by atoms with E-state index in [2.05, 4.69) is 45.3 Å². The van der Waals surface area contributed by atoms with Gasteiger partial charge in [-0.25, -0.2) is 0 Å². The Balaban J connectivity index is 0. The Morgan fingerprint density at radius 2 is 1.53 bits per heavy atom. The van der Waals surface area contributed by atoms with E-state index in [1.165, 1.54) is 19.3 Å². The predicted octanol–water partition coefficient (Wildman–Crippen LogP) is 3.04. The molecule has 0 aliphatic rings. The Labute approximate surface area is 97.2 Å². The molecule has 0 saturated carbocycles. The van der Waals surface area contributed by atoms with E-state index in [0.717, 1.165) is 19.0 Å². The summed E-state index contributed by atoms with van der Waals surface area (Å²) in [6.07, 6.45) is 3.71. The second kappa shape index (κ2) is 13.9. The molecule has 0 heterocycles. The summed E-state index contributed by atoms with van der Waals surface area (Å²) in [5.74, 6) is 0.833. The number of nitrogens with one attached hydrogen (secondary N) is 2. The summed E-state index contributed by atoms with van der Waals surface area (Å²) in [6, 6.07) is 0.711. The smallest absolute Gasteiger partial charge is 0.00765 e. The molecule has 1 atom stereocenters. The summed E-state index contributed by atoms with van der Waals surface area (Å²) in [5.41, 5.74) is 0. The summed E-state index contributed by atoms with van der Waals surface area (Å²) in [6.45, 7) is 13.2. The van der Waals surface area contributed by atoms with Gasteiger partial charge in [0, 0.05) is 6.04 Å². The lowest BCUT2D eigenvalue weighted by molar-refractivity contribution is 0.461. The van der Waals surface area contributed by atoms with Gasteiger partial charge < -0.3 is 10.6 Å². The highest BCUT2D eigenvalue weighted by molar-refractivity contribution is 4.64. The van der Waals surface area contributed by atoms with Gasteiger partial charge in [-0.1, -0.05) is 34.6 Å². The van der Waals surface area contributed by atoms with Crippen LogP contribution in [0, 0.1) is 5.92 Å². The zero-order valence-corrected chi connectivity index (χ0v) is 11.7. The van der Waals surface area contributed by atoms with Gasteiger partial charge >= 0.3 is 0 Å². The van der Waals surface area contributed by atoms with Crippen LogP contribution in [0.2, 0.25) is 0 Å². The van der Waals surface area contributed by atoms with E-state index < -0.39 is 0 Å². The van der Waals surface area contributed by atoms with Gasteiger partial charge in [0.15, 0.2) is 0 Å². The lowest BCUT2D eigenvalue weighted by Gasteiger charge is -2.15. The van der Waals surface area contributed by atoms with Crippen molar-refractivity contribution in [2.24, 2.45) is 5.92 Å². The first-order valence-electron chi connectivity index (χ1n) is 6.46. The molecular formula is C13H32N2. The third-order valence-electron chi connectivity index (χ3n) is 1.92. The molecule has 0 rings (SSSR count). The van der Waals surface area contributed by atoms with Crippen LogP contribution in [0.15, 0.2) is 0 Å². The molecule has 1 unspecified atom stereocenters. The second-order valence-corrected chi connectivity index (χ2v) is 4.68. The maximum absolute atomic E-state index is 3.51. The van der Waals surface area contributed by atoms with Crippen LogP contribution < -0.4 is 10.6 Å². The summed E-state index contributed by atoms with van der Waals surface area (Å²) in [4.78, 5) is 0. The van der Waals surface area contributed by atoms with Crippen molar-refractivity contribution in [3.8, 4) is 0 Å². The van der Waals surface area contributed by atoms with Crippen LogP contribution in [-0.2, 0) is 0 Å². The first-order valence-corrected chi connectivity index (χ1v) is 6.46. The molecule has 0 aromatic carbocycles. The van der Waals surface area contributed by atoms with Crippen molar-refractivity contribution in [2.75, 3.05) is 20.1 Å². The van der Waals surface area contributed by atoms with Crippen molar-refractivity contribution in [1.29, 1.82) is 0 Å². The van der Waals surface area contributed by atoms with Crippen molar-refractivity contribution < 1.29 is 0 Å². The van der Waals surface area contributed by atoms with Crippen molar-refractivity contribution >= 4 is 0 Å². The number of hydrogen-bond donors (Lipinski definition) is 2. The fraction of sp³-hybridized carbons (Fsp3) is 1.00. The minimum Gasteiger partial charge on any atom is -0.320 e. The van der Waals surface area contributed by atoms with E-state index in [4.69, 9.17) is 0 Å². The highest BCUT2D eigenvalue weighted by Gasteiger charge is 2.02. The Kier molecular flexibility index (Phi) is 16.1. The molecule has 0 saturated heterocycles. The molecule has 0 amide bonds. The Hall–Kier alpha value is -0.0800. The van der Waals surface area contributed by atoms with Gasteiger partial charge in [-0.05, 0) is 45.3 Å². The lowest BCUT2D eigenvalue weighted by Crippen LogP contribution is -2.31. The zero-order chi connectivity index (χ0) is 12.1. The molecule has 0 aliphatic carbocycles. The van der Waals surface area contributed by atoms with Gasteiger partial charge in [0.05, 0.1) is 0 Å².